The number of amides is 4. The van der Waals surface area contributed by atoms with Crippen LogP contribution in [-0.4, -0.2) is 70.5 Å². The van der Waals surface area contributed by atoms with Crippen LogP contribution in [0.3, 0.4) is 0 Å². The summed E-state index contributed by atoms with van der Waals surface area (Å²) in [4.78, 5) is 61.8. The maximum atomic E-state index is 13.2. The molecule has 0 radical (unpaired) electrons. The van der Waals surface area contributed by atoms with Gasteiger partial charge in [0.2, 0.25) is 23.6 Å². The number of phenols is 1. The van der Waals surface area contributed by atoms with Crippen LogP contribution in [0, 0.1) is 5.92 Å². The second-order valence-electron chi connectivity index (χ2n) is 9.92. The summed E-state index contributed by atoms with van der Waals surface area (Å²) in [5, 5.41) is 26.8. The molecule has 13 nitrogen and oxygen atoms in total. The Balaban J connectivity index is 3.01. The first kappa shape index (κ1) is 33.3. The van der Waals surface area contributed by atoms with Crippen molar-refractivity contribution >= 4 is 29.6 Å². The zero-order valence-electron chi connectivity index (χ0n) is 22.5. The van der Waals surface area contributed by atoms with Gasteiger partial charge < -0.3 is 43.4 Å². The lowest BCUT2D eigenvalue weighted by Crippen LogP contribution is -2.57. The molecule has 1 aromatic carbocycles. The van der Waals surface area contributed by atoms with Gasteiger partial charge in [0.25, 0.3) is 0 Å². The van der Waals surface area contributed by atoms with Crippen LogP contribution in [0.2, 0.25) is 0 Å². The zero-order chi connectivity index (χ0) is 29.5. The minimum Gasteiger partial charge on any atom is -0.508 e. The summed E-state index contributed by atoms with van der Waals surface area (Å²) in [6.45, 7) is 4.08. The number of carboxylic acid groups (broad SMARTS) is 1. The number of aromatic hydroxyl groups is 1. The van der Waals surface area contributed by atoms with Crippen molar-refractivity contribution in [2.75, 3.05) is 6.54 Å². The number of carbonyl (C=O) groups excluding carboxylic acids is 4. The molecule has 4 atom stereocenters. The highest BCUT2D eigenvalue weighted by Crippen LogP contribution is 2.13. The van der Waals surface area contributed by atoms with Gasteiger partial charge >= 0.3 is 5.97 Å². The number of unbranched alkanes of at least 4 members (excludes halogenated alkanes) is 1. The Kier molecular flexibility index (Phi) is 14.5. The van der Waals surface area contributed by atoms with E-state index in [1.54, 1.807) is 12.1 Å². The van der Waals surface area contributed by atoms with Gasteiger partial charge in [0.1, 0.15) is 23.9 Å². The number of hydrogen-bond donors (Lipinski definition) is 8. The Hall–Kier alpha value is -3.71. The minimum atomic E-state index is -1.29. The van der Waals surface area contributed by atoms with Gasteiger partial charge in [-0.15, -0.1) is 0 Å². The van der Waals surface area contributed by atoms with E-state index in [0.717, 1.165) is 0 Å². The van der Waals surface area contributed by atoms with Crippen molar-refractivity contribution in [2.24, 2.45) is 23.1 Å². The number of nitrogens with two attached hydrogens (primary N) is 3. The highest BCUT2D eigenvalue weighted by molar-refractivity contribution is 5.94. The second-order valence-corrected chi connectivity index (χ2v) is 9.92. The van der Waals surface area contributed by atoms with E-state index >= 15 is 0 Å². The predicted octanol–water partition coefficient (Wildman–Crippen LogP) is -0.758. The number of carboxylic acids is 1. The topological polar surface area (TPSA) is 240 Å². The molecule has 1 rings (SSSR count). The van der Waals surface area contributed by atoms with Gasteiger partial charge in [0, 0.05) is 12.8 Å². The summed E-state index contributed by atoms with van der Waals surface area (Å²) in [6, 6.07) is 1.47. The third-order valence-corrected chi connectivity index (χ3v) is 5.95. The molecule has 0 fully saturated rings. The van der Waals surface area contributed by atoms with Gasteiger partial charge in [-0.25, -0.2) is 4.79 Å². The molecule has 0 aliphatic heterocycles. The fourth-order valence-electron chi connectivity index (χ4n) is 3.78. The van der Waals surface area contributed by atoms with E-state index in [0.29, 0.717) is 24.9 Å². The number of hydrogen-bond acceptors (Lipinski definition) is 8. The largest absolute Gasteiger partial charge is 0.508 e. The molecule has 0 spiro atoms. The predicted molar refractivity (Wildman–Crippen MR) is 144 cm³/mol. The lowest BCUT2D eigenvalue weighted by atomic mass is 10.0. The fraction of sp³-hybridized carbons (Fsp3) is 0.577. The first-order valence-corrected chi connectivity index (χ1v) is 13.0. The van der Waals surface area contributed by atoms with Gasteiger partial charge in [0.15, 0.2) is 0 Å². The molecule has 4 amide bonds. The lowest BCUT2D eigenvalue weighted by molar-refractivity contribution is -0.142. The van der Waals surface area contributed by atoms with E-state index in [-0.39, 0.29) is 43.8 Å². The molecule has 218 valence electrons. The van der Waals surface area contributed by atoms with Gasteiger partial charge in [-0.3, -0.25) is 19.2 Å². The Morgan fingerprint density at radius 2 is 1.41 bits per heavy atom. The minimum absolute atomic E-state index is 0.00545. The van der Waals surface area contributed by atoms with Crippen LogP contribution >= 0.6 is 0 Å². The Morgan fingerprint density at radius 3 is 1.95 bits per heavy atom. The number of aliphatic carboxylic acids is 1. The zero-order valence-corrected chi connectivity index (χ0v) is 22.5. The summed E-state index contributed by atoms with van der Waals surface area (Å²) in [5.74, 6) is -3.81. The van der Waals surface area contributed by atoms with Crippen LogP contribution in [0.5, 0.6) is 5.75 Å². The molecule has 1 aromatic rings. The summed E-state index contributed by atoms with van der Waals surface area (Å²) < 4.78 is 0. The van der Waals surface area contributed by atoms with E-state index in [2.05, 4.69) is 16.0 Å². The quantitative estimate of drug-likeness (QED) is 0.107. The smallest absolute Gasteiger partial charge is 0.326 e. The monoisotopic (exact) mass is 550 g/mol. The molecule has 0 aromatic heterocycles. The van der Waals surface area contributed by atoms with E-state index in [9.17, 15) is 34.2 Å². The molecule has 0 heterocycles. The Bertz CT molecular complexity index is 970. The Labute approximate surface area is 228 Å². The number of benzene rings is 1. The van der Waals surface area contributed by atoms with Crippen molar-refractivity contribution in [2.45, 2.75) is 83.0 Å². The van der Waals surface area contributed by atoms with Crippen LogP contribution in [0.15, 0.2) is 24.3 Å². The van der Waals surface area contributed by atoms with Crippen LogP contribution in [-0.2, 0) is 30.4 Å². The number of phenolic OH excluding ortho intramolecular Hbond substituents is 1. The molecule has 13 heteroatoms. The summed E-state index contributed by atoms with van der Waals surface area (Å²) in [7, 11) is 0. The van der Waals surface area contributed by atoms with Crippen LogP contribution in [0.1, 0.15) is 57.9 Å². The van der Waals surface area contributed by atoms with E-state index < -0.39 is 53.8 Å². The molecule has 39 heavy (non-hydrogen) atoms. The third-order valence-electron chi connectivity index (χ3n) is 5.95. The van der Waals surface area contributed by atoms with Gasteiger partial charge in [0.05, 0.1) is 6.04 Å². The standard InChI is InChI=1S/C26H42N6O7/c1-15(2)13-20(31-23(35)18(28)10-11-22(29)34)25(37)30-19(5-3-4-12-27)24(36)32-21(26(38)39)14-16-6-8-17(33)9-7-16/h6-9,15,18-21,33H,3-5,10-14,27-28H2,1-2H3,(H2,29,34)(H,30,37)(H,31,35)(H,32,36)(H,38,39). The summed E-state index contributed by atoms with van der Waals surface area (Å²) >= 11 is 0. The fourth-order valence-corrected chi connectivity index (χ4v) is 3.78. The van der Waals surface area contributed by atoms with Crippen molar-refractivity contribution in [1.29, 1.82) is 0 Å². The molecule has 0 saturated heterocycles. The average molecular weight is 551 g/mol. The van der Waals surface area contributed by atoms with E-state index in [1.165, 1.54) is 12.1 Å². The lowest BCUT2D eigenvalue weighted by Gasteiger charge is -2.26. The summed E-state index contributed by atoms with van der Waals surface area (Å²) in [6.07, 6.45) is 1.39. The second kappa shape index (κ2) is 17.0. The molecule has 11 N–H and O–H groups in total. The molecular weight excluding hydrogens is 508 g/mol. The normalized spacial score (nSPS) is 14.1. The van der Waals surface area contributed by atoms with Crippen molar-refractivity contribution in [3.8, 4) is 5.75 Å². The van der Waals surface area contributed by atoms with Crippen molar-refractivity contribution in [3.05, 3.63) is 29.8 Å². The van der Waals surface area contributed by atoms with E-state index in [1.807, 2.05) is 13.8 Å². The van der Waals surface area contributed by atoms with Crippen LogP contribution < -0.4 is 33.2 Å². The van der Waals surface area contributed by atoms with Gasteiger partial charge in [-0.05, 0) is 62.3 Å². The van der Waals surface area contributed by atoms with Crippen molar-refractivity contribution < 1.29 is 34.2 Å². The van der Waals surface area contributed by atoms with Gasteiger partial charge in [-0.1, -0.05) is 26.0 Å². The van der Waals surface area contributed by atoms with Gasteiger partial charge in [-0.2, -0.15) is 0 Å². The highest BCUT2D eigenvalue weighted by atomic mass is 16.4. The maximum Gasteiger partial charge on any atom is 0.326 e. The molecule has 4 unspecified atom stereocenters. The van der Waals surface area contributed by atoms with Crippen molar-refractivity contribution in [1.82, 2.24) is 16.0 Å². The first-order chi connectivity index (χ1) is 18.3. The first-order valence-electron chi connectivity index (χ1n) is 13.0. The third kappa shape index (κ3) is 13.1. The van der Waals surface area contributed by atoms with E-state index in [4.69, 9.17) is 17.2 Å². The number of nitrogens with one attached hydrogen (secondary N) is 3. The number of carbonyl (C=O) groups is 5. The van der Waals surface area contributed by atoms with Crippen LogP contribution in [0.25, 0.3) is 0 Å². The molecule has 0 aliphatic rings. The molecule has 0 aliphatic carbocycles. The highest BCUT2D eigenvalue weighted by Gasteiger charge is 2.30. The molecule has 0 saturated carbocycles. The maximum absolute atomic E-state index is 13.2. The summed E-state index contributed by atoms with van der Waals surface area (Å²) in [5.41, 5.74) is 17.1. The SMILES string of the molecule is CC(C)CC(NC(=O)C(N)CCC(N)=O)C(=O)NC(CCCCN)C(=O)NC(Cc1ccc(O)cc1)C(=O)O. The Morgan fingerprint density at radius 1 is 0.846 bits per heavy atom. The number of primary amides is 1. The average Bonchev–Trinajstić information content (AvgIpc) is 2.86. The van der Waals surface area contributed by atoms with Crippen molar-refractivity contribution in [3.63, 3.8) is 0 Å². The van der Waals surface area contributed by atoms with Crippen LogP contribution in [0.4, 0.5) is 0 Å². The molecular formula is C26H42N6O7. The molecule has 0 bridgehead atoms. The number of rotatable bonds is 18.